The fourth-order valence-corrected chi connectivity index (χ4v) is 3.82. The van der Waals surface area contributed by atoms with Gasteiger partial charge in [-0.05, 0) is 54.7 Å². The summed E-state index contributed by atoms with van der Waals surface area (Å²) in [5, 5.41) is 5.84. The molecule has 2 aromatic rings. The van der Waals surface area contributed by atoms with Gasteiger partial charge in [-0.3, -0.25) is 9.59 Å². The lowest BCUT2D eigenvalue weighted by molar-refractivity contribution is -0.111. The van der Waals surface area contributed by atoms with Crippen LogP contribution in [0, 0.1) is 5.92 Å². The van der Waals surface area contributed by atoms with E-state index in [-0.39, 0.29) is 11.8 Å². The smallest absolute Gasteiger partial charge is 0.253 e. The van der Waals surface area contributed by atoms with E-state index in [9.17, 15) is 9.59 Å². The number of anilines is 1. The molecule has 1 aliphatic rings. The Labute approximate surface area is 183 Å². The van der Waals surface area contributed by atoms with Crippen molar-refractivity contribution in [1.29, 1.82) is 0 Å². The maximum atomic E-state index is 12.7. The van der Waals surface area contributed by atoms with Crippen molar-refractivity contribution in [2.24, 2.45) is 5.92 Å². The third-order valence-corrected chi connectivity index (χ3v) is 5.54. The monoisotopic (exact) mass is 422 g/mol. The minimum absolute atomic E-state index is 0.162. The SMILES string of the molecule is COc1ccc(C=CC(=O)Nc2ccccc2C(=O)NCC2CCCCC2)cc1OC. The van der Waals surface area contributed by atoms with Crippen LogP contribution in [0.5, 0.6) is 11.5 Å². The first-order chi connectivity index (χ1) is 15.1. The predicted octanol–water partition coefficient (Wildman–Crippen LogP) is 4.67. The number of benzene rings is 2. The number of carbonyl (C=O) groups is 2. The number of nitrogens with one attached hydrogen (secondary N) is 2. The second kappa shape index (κ2) is 11.2. The Morgan fingerprint density at radius 2 is 1.74 bits per heavy atom. The summed E-state index contributed by atoms with van der Waals surface area (Å²) in [6.45, 7) is 0.681. The molecule has 2 amide bonds. The van der Waals surface area contributed by atoms with Gasteiger partial charge in [0.25, 0.3) is 5.91 Å². The van der Waals surface area contributed by atoms with Gasteiger partial charge in [-0.15, -0.1) is 0 Å². The molecule has 1 aliphatic carbocycles. The first-order valence-electron chi connectivity index (χ1n) is 10.7. The predicted molar refractivity (Wildman–Crippen MR) is 123 cm³/mol. The van der Waals surface area contributed by atoms with Crippen molar-refractivity contribution in [3.05, 3.63) is 59.7 Å². The largest absolute Gasteiger partial charge is 0.493 e. The van der Waals surface area contributed by atoms with E-state index in [1.165, 1.54) is 38.2 Å². The highest BCUT2D eigenvalue weighted by molar-refractivity contribution is 6.07. The van der Waals surface area contributed by atoms with Crippen molar-refractivity contribution in [3.63, 3.8) is 0 Å². The maximum Gasteiger partial charge on any atom is 0.253 e. The Balaban J connectivity index is 1.62. The van der Waals surface area contributed by atoms with Gasteiger partial charge in [-0.1, -0.05) is 37.5 Å². The molecule has 0 unspecified atom stereocenters. The summed E-state index contributed by atoms with van der Waals surface area (Å²) in [5.41, 5.74) is 1.75. The summed E-state index contributed by atoms with van der Waals surface area (Å²) >= 11 is 0. The molecule has 3 rings (SSSR count). The van der Waals surface area contributed by atoms with Crippen LogP contribution in [-0.2, 0) is 4.79 Å². The van der Waals surface area contributed by atoms with E-state index in [1.807, 2.05) is 6.07 Å². The zero-order valence-electron chi connectivity index (χ0n) is 18.1. The normalized spacial score (nSPS) is 14.3. The minimum Gasteiger partial charge on any atom is -0.493 e. The van der Waals surface area contributed by atoms with Crippen molar-refractivity contribution in [2.45, 2.75) is 32.1 Å². The highest BCUT2D eigenvalue weighted by Gasteiger charge is 2.17. The average Bonchev–Trinajstić information content (AvgIpc) is 2.82. The van der Waals surface area contributed by atoms with Gasteiger partial charge in [0.1, 0.15) is 0 Å². The lowest BCUT2D eigenvalue weighted by Crippen LogP contribution is -2.31. The number of rotatable bonds is 8. The van der Waals surface area contributed by atoms with E-state index in [0.717, 1.165) is 5.56 Å². The molecule has 0 atom stereocenters. The number of amides is 2. The average molecular weight is 423 g/mol. The summed E-state index contributed by atoms with van der Waals surface area (Å²) in [6.07, 6.45) is 9.20. The van der Waals surface area contributed by atoms with Gasteiger partial charge in [0.15, 0.2) is 11.5 Å². The van der Waals surface area contributed by atoms with Gasteiger partial charge in [-0.2, -0.15) is 0 Å². The third kappa shape index (κ3) is 6.35. The summed E-state index contributed by atoms with van der Waals surface area (Å²) in [4.78, 5) is 25.2. The molecule has 0 aromatic heterocycles. The molecule has 0 aliphatic heterocycles. The molecule has 1 fully saturated rings. The van der Waals surface area contributed by atoms with Gasteiger partial charge in [0.05, 0.1) is 25.5 Å². The molecular weight excluding hydrogens is 392 g/mol. The van der Waals surface area contributed by atoms with Crippen molar-refractivity contribution < 1.29 is 19.1 Å². The van der Waals surface area contributed by atoms with E-state index in [2.05, 4.69) is 10.6 Å². The molecule has 31 heavy (non-hydrogen) atoms. The number of methoxy groups -OCH3 is 2. The molecule has 0 spiro atoms. The third-order valence-electron chi connectivity index (χ3n) is 5.54. The van der Waals surface area contributed by atoms with Crippen LogP contribution in [0.25, 0.3) is 6.08 Å². The standard InChI is InChI=1S/C25H30N2O4/c1-30-22-14-12-18(16-23(22)31-2)13-15-24(28)27-21-11-7-6-10-20(21)25(29)26-17-19-8-4-3-5-9-19/h6-7,10-16,19H,3-5,8-9,17H2,1-2H3,(H,26,29)(H,27,28). The second-order valence-corrected chi connectivity index (χ2v) is 7.70. The Morgan fingerprint density at radius 1 is 1.00 bits per heavy atom. The van der Waals surface area contributed by atoms with Crippen LogP contribution in [0.1, 0.15) is 48.0 Å². The molecule has 164 valence electrons. The quantitative estimate of drug-likeness (QED) is 0.607. The Kier molecular flexibility index (Phi) is 8.10. The molecule has 1 saturated carbocycles. The number of ether oxygens (including phenoxy) is 2. The van der Waals surface area contributed by atoms with Crippen LogP contribution in [0.4, 0.5) is 5.69 Å². The fraction of sp³-hybridized carbons (Fsp3) is 0.360. The van der Waals surface area contributed by atoms with Gasteiger partial charge in [0, 0.05) is 12.6 Å². The van der Waals surface area contributed by atoms with Crippen LogP contribution in [0.2, 0.25) is 0 Å². The summed E-state index contributed by atoms with van der Waals surface area (Å²) in [6, 6.07) is 12.5. The van der Waals surface area contributed by atoms with E-state index in [1.54, 1.807) is 56.7 Å². The van der Waals surface area contributed by atoms with E-state index >= 15 is 0 Å². The van der Waals surface area contributed by atoms with E-state index < -0.39 is 0 Å². The van der Waals surface area contributed by atoms with E-state index in [0.29, 0.717) is 35.2 Å². The van der Waals surface area contributed by atoms with E-state index in [4.69, 9.17) is 9.47 Å². The Morgan fingerprint density at radius 3 is 2.48 bits per heavy atom. The lowest BCUT2D eigenvalue weighted by Gasteiger charge is -2.22. The second-order valence-electron chi connectivity index (χ2n) is 7.70. The zero-order valence-corrected chi connectivity index (χ0v) is 18.1. The molecule has 2 aromatic carbocycles. The highest BCUT2D eigenvalue weighted by Crippen LogP contribution is 2.28. The highest BCUT2D eigenvalue weighted by atomic mass is 16.5. The molecular formula is C25H30N2O4. The number of hydrogen-bond acceptors (Lipinski definition) is 4. The molecule has 0 radical (unpaired) electrons. The Bertz CT molecular complexity index is 933. The maximum absolute atomic E-state index is 12.7. The van der Waals surface area contributed by atoms with Crippen molar-refractivity contribution in [2.75, 3.05) is 26.1 Å². The number of carbonyl (C=O) groups excluding carboxylic acids is 2. The van der Waals surface area contributed by atoms with Gasteiger partial charge in [0.2, 0.25) is 5.91 Å². The minimum atomic E-state index is -0.317. The first kappa shape index (κ1) is 22.4. The van der Waals surface area contributed by atoms with Gasteiger partial charge < -0.3 is 20.1 Å². The van der Waals surface area contributed by atoms with Crippen molar-refractivity contribution in [3.8, 4) is 11.5 Å². The molecule has 6 nitrogen and oxygen atoms in total. The van der Waals surface area contributed by atoms with Gasteiger partial charge >= 0.3 is 0 Å². The van der Waals surface area contributed by atoms with Crippen LogP contribution in [-0.4, -0.2) is 32.6 Å². The van der Waals surface area contributed by atoms with Crippen LogP contribution < -0.4 is 20.1 Å². The molecule has 6 heteroatoms. The fourth-order valence-electron chi connectivity index (χ4n) is 3.82. The number of para-hydroxylation sites is 1. The van der Waals surface area contributed by atoms with Crippen LogP contribution in [0.3, 0.4) is 0 Å². The topological polar surface area (TPSA) is 76.7 Å². The lowest BCUT2D eigenvalue weighted by atomic mass is 9.89. The van der Waals surface area contributed by atoms with Gasteiger partial charge in [-0.25, -0.2) is 0 Å². The molecule has 0 bridgehead atoms. The van der Waals surface area contributed by atoms with Crippen molar-refractivity contribution >= 4 is 23.6 Å². The van der Waals surface area contributed by atoms with Crippen molar-refractivity contribution in [1.82, 2.24) is 5.32 Å². The van der Waals surface area contributed by atoms with Crippen LogP contribution in [0.15, 0.2) is 48.5 Å². The Hall–Kier alpha value is -3.28. The summed E-state index contributed by atoms with van der Waals surface area (Å²) in [5.74, 6) is 1.28. The van der Waals surface area contributed by atoms with Crippen LogP contribution >= 0.6 is 0 Å². The number of hydrogen-bond donors (Lipinski definition) is 2. The molecule has 2 N–H and O–H groups in total. The zero-order chi connectivity index (χ0) is 22.1. The first-order valence-corrected chi connectivity index (χ1v) is 10.7. The summed E-state index contributed by atoms with van der Waals surface area (Å²) < 4.78 is 10.5. The molecule has 0 heterocycles. The summed E-state index contributed by atoms with van der Waals surface area (Å²) in [7, 11) is 3.14. The molecule has 0 saturated heterocycles.